The number of aromatic nitrogens is 1. The molecule has 0 unspecified atom stereocenters. The van der Waals surface area contributed by atoms with Crippen molar-refractivity contribution in [2.24, 2.45) is 11.1 Å². The molecule has 1 fully saturated rings. The maximum absolute atomic E-state index is 15.1. The molecule has 1 saturated carbocycles. The third kappa shape index (κ3) is 5.97. The Labute approximate surface area is 200 Å². The lowest BCUT2D eigenvalue weighted by atomic mass is 9.89. The summed E-state index contributed by atoms with van der Waals surface area (Å²) in [4.78, 5) is -0.687. The zero-order chi connectivity index (χ0) is 24.8. The first-order valence-electron chi connectivity index (χ1n) is 10.9. The predicted molar refractivity (Wildman–Crippen MR) is 128 cm³/mol. The minimum Gasteiger partial charge on any atom is -0.343 e. The van der Waals surface area contributed by atoms with Crippen molar-refractivity contribution in [1.29, 1.82) is 0 Å². The van der Waals surface area contributed by atoms with E-state index in [1.54, 1.807) is 27.7 Å². The number of sulfonamides is 2. The summed E-state index contributed by atoms with van der Waals surface area (Å²) in [5, 5.41) is 5.13. The number of rotatable bonds is 6. The van der Waals surface area contributed by atoms with Crippen molar-refractivity contribution in [3.8, 4) is 11.3 Å². The Kier molecular flexibility index (Phi) is 7.37. The molecule has 1 aliphatic carbocycles. The normalized spacial score (nSPS) is 16.3. The molecule has 3 N–H and O–H groups in total. The van der Waals surface area contributed by atoms with E-state index in [2.05, 4.69) is 4.72 Å². The molecular weight excluding hydrogens is 489 g/mol. The van der Waals surface area contributed by atoms with E-state index < -0.39 is 36.3 Å². The van der Waals surface area contributed by atoms with Gasteiger partial charge in [-0.1, -0.05) is 30.9 Å². The van der Waals surface area contributed by atoms with Crippen molar-refractivity contribution >= 4 is 31.6 Å². The van der Waals surface area contributed by atoms with Crippen molar-refractivity contribution in [2.45, 2.75) is 81.7 Å². The van der Waals surface area contributed by atoms with Gasteiger partial charge in [0.25, 0.3) is 0 Å². The number of hydrogen-bond donors (Lipinski definition) is 2. The second-order valence-electron chi connectivity index (χ2n) is 9.76. The van der Waals surface area contributed by atoms with Crippen LogP contribution in [0.4, 0.5) is 4.39 Å². The summed E-state index contributed by atoms with van der Waals surface area (Å²) in [6.07, 6.45) is 5.43. The monoisotopic (exact) mass is 519 g/mol. The Morgan fingerprint density at radius 2 is 1.73 bits per heavy atom. The molecule has 0 aliphatic heterocycles. The Morgan fingerprint density at radius 3 is 2.24 bits per heavy atom. The summed E-state index contributed by atoms with van der Waals surface area (Å²) >= 11 is 6.27. The molecule has 33 heavy (non-hydrogen) atoms. The molecule has 1 aliphatic rings. The highest BCUT2D eigenvalue weighted by molar-refractivity contribution is 7.89. The average molecular weight is 520 g/mol. The van der Waals surface area contributed by atoms with Crippen molar-refractivity contribution in [2.75, 3.05) is 0 Å². The van der Waals surface area contributed by atoms with Crippen LogP contribution in [-0.4, -0.2) is 26.9 Å². The van der Waals surface area contributed by atoms with Crippen LogP contribution in [0.5, 0.6) is 0 Å². The van der Waals surface area contributed by atoms with E-state index in [9.17, 15) is 16.8 Å². The fraction of sp³-hybridized carbons (Fsp3) is 0.545. The molecule has 0 atom stereocenters. The largest absolute Gasteiger partial charge is 0.343 e. The van der Waals surface area contributed by atoms with Crippen LogP contribution in [0.15, 0.2) is 28.0 Å². The van der Waals surface area contributed by atoms with Gasteiger partial charge in [0, 0.05) is 29.0 Å². The second-order valence-corrected chi connectivity index (χ2v) is 13.3. The van der Waals surface area contributed by atoms with Crippen LogP contribution >= 0.6 is 11.6 Å². The van der Waals surface area contributed by atoms with Gasteiger partial charge in [0.2, 0.25) is 20.0 Å². The van der Waals surface area contributed by atoms with Gasteiger partial charge in [-0.25, -0.2) is 31.1 Å². The number of halogens is 2. The predicted octanol–water partition coefficient (Wildman–Crippen LogP) is 4.56. The maximum atomic E-state index is 15.1. The summed E-state index contributed by atoms with van der Waals surface area (Å²) < 4.78 is 69.1. The zero-order valence-corrected chi connectivity index (χ0v) is 21.7. The Hall–Kier alpha value is -1.46. The lowest BCUT2D eigenvalue weighted by molar-refractivity contribution is 0.318. The molecule has 0 saturated heterocycles. The zero-order valence-electron chi connectivity index (χ0n) is 19.3. The third-order valence-corrected chi connectivity index (χ3v) is 9.07. The van der Waals surface area contributed by atoms with Gasteiger partial charge in [-0.3, -0.25) is 0 Å². The number of hydrogen-bond acceptors (Lipinski definition) is 4. The highest BCUT2D eigenvalue weighted by Crippen LogP contribution is 2.36. The lowest BCUT2D eigenvalue weighted by Crippen LogP contribution is -2.40. The molecule has 3 rings (SSSR count). The Bertz CT molecular complexity index is 1240. The van der Waals surface area contributed by atoms with Crippen molar-refractivity contribution in [1.82, 2.24) is 9.29 Å². The maximum Gasteiger partial charge on any atom is 0.245 e. The third-order valence-electron chi connectivity index (χ3n) is 5.80. The first kappa shape index (κ1) is 26.2. The van der Waals surface area contributed by atoms with Crippen molar-refractivity contribution in [3.63, 3.8) is 0 Å². The highest BCUT2D eigenvalue weighted by atomic mass is 35.5. The van der Waals surface area contributed by atoms with Crippen LogP contribution in [0, 0.1) is 18.7 Å². The van der Waals surface area contributed by atoms with Gasteiger partial charge in [-0.05, 0) is 64.7 Å². The van der Waals surface area contributed by atoms with E-state index in [1.165, 1.54) is 18.6 Å². The minimum atomic E-state index is -4.22. The molecular formula is C22H31ClFN3O4S2. The van der Waals surface area contributed by atoms with E-state index >= 15 is 4.39 Å². The van der Waals surface area contributed by atoms with E-state index in [-0.39, 0.29) is 15.5 Å². The van der Waals surface area contributed by atoms with E-state index in [0.29, 0.717) is 23.9 Å². The van der Waals surface area contributed by atoms with Crippen molar-refractivity contribution < 1.29 is 21.2 Å². The number of nitrogens with one attached hydrogen (secondary N) is 1. The Balaban J connectivity index is 2.14. The number of primary sulfonamides is 1. The van der Waals surface area contributed by atoms with Crippen LogP contribution in [0.3, 0.4) is 0 Å². The molecule has 1 heterocycles. The first-order chi connectivity index (χ1) is 15.1. The lowest BCUT2D eigenvalue weighted by Gasteiger charge is -2.24. The summed E-state index contributed by atoms with van der Waals surface area (Å²) in [6.45, 7) is 7.14. The van der Waals surface area contributed by atoms with Crippen LogP contribution in [0.25, 0.3) is 11.3 Å². The smallest absolute Gasteiger partial charge is 0.245 e. The Morgan fingerprint density at radius 1 is 1.12 bits per heavy atom. The van der Waals surface area contributed by atoms with Gasteiger partial charge in [-0.15, -0.1) is 0 Å². The molecule has 0 radical (unpaired) electrons. The standard InChI is InChI=1S/C22H31ClFN3O4S2/c1-14-20(32(25,28)29)12-19(27(14)13-15-8-6-5-7-9-15)16-10-17(23)21(18(24)11-16)33(30,31)26-22(2,3)4/h10-12,15,26H,5-9,13H2,1-4H3,(H2,25,28,29). The van der Waals surface area contributed by atoms with Gasteiger partial charge in [0.05, 0.1) is 5.02 Å². The number of nitrogens with two attached hydrogens (primary N) is 1. The van der Waals surface area contributed by atoms with E-state index in [4.69, 9.17) is 16.7 Å². The molecule has 0 bridgehead atoms. The molecule has 0 amide bonds. The molecule has 11 heteroatoms. The van der Waals surface area contributed by atoms with Gasteiger partial charge in [0.15, 0.2) is 0 Å². The van der Waals surface area contributed by atoms with Gasteiger partial charge < -0.3 is 4.57 Å². The SMILES string of the molecule is Cc1c(S(N)(=O)=O)cc(-c2cc(F)c(S(=O)(=O)NC(C)(C)C)c(Cl)c2)n1CC1CCCCC1. The molecule has 7 nitrogen and oxygen atoms in total. The summed E-state index contributed by atoms with van der Waals surface area (Å²) in [7, 11) is -8.23. The summed E-state index contributed by atoms with van der Waals surface area (Å²) in [5.41, 5.74) is 0.334. The number of nitrogens with zero attached hydrogens (tertiary/aromatic N) is 1. The van der Waals surface area contributed by atoms with E-state index in [0.717, 1.165) is 31.7 Å². The second kappa shape index (κ2) is 9.30. The molecule has 0 spiro atoms. The molecule has 1 aromatic carbocycles. The van der Waals surface area contributed by atoms with Crippen LogP contribution < -0.4 is 9.86 Å². The van der Waals surface area contributed by atoms with Crippen LogP contribution in [0.1, 0.15) is 58.6 Å². The topological polar surface area (TPSA) is 111 Å². The fourth-order valence-corrected chi connectivity index (χ4v) is 7.28. The van der Waals surface area contributed by atoms with Crippen molar-refractivity contribution in [3.05, 3.63) is 34.7 Å². The van der Waals surface area contributed by atoms with Crippen LogP contribution in [-0.2, 0) is 26.6 Å². The first-order valence-corrected chi connectivity index (χ1v) is 14.3. The number of benzene rings is 1. The van der Waals surface area contributed by atoms with Gasteiger partial charge in [-0.2, -0.15) is 0 Å². The molecule has 184 valence electrons. The van der Waals surface area contributed by atoms with Gasteiger partial charge in [0.1, 0.15) is 15.6 Å². The van der Waals surface area contributed by atoms with Crippen LogP contribution in [0.2, 0.25) is 5.02 Å². The molecule has 2 aromatic rings. The fourth-order valence-electron chi connectivity index (χ4n) is 4.43. The van der Waals surface area contributed by atoms with Gasteiger partial charge >= 0.3 is 0 Å². The summed E-state index contributed by atoms with van der Waals surface area (Å²) in [5.74, 6) is -0.664. The average Bonchev–Trinajstić information content (AvgIpc) is 2.96. The quantitative estimate of drug-likeness (QED) is 0.582. The highest BCUT2D eigenvalue weighted by Gasteiger charge is 2.30. The minimum absolute atomic E-state index is 0.0454. The van der Waals surface area contributed by atoms with E-state index in [1.807, 2.05) is 4.57 Å². The molecule has 1 aromatic heterocycles. The summed E-state index contributed by atoms with van der Waals surface area (Å²) in [6, 6.07) is 3.82.